The zero-order valence-electron chi connectivity index (χ0n) is 14.7. The van der Waals surface area contributed by atoms with Crippen molar-refractivity contribution in [3.8, 4) is 5.75 Å². The molecular weight excluding hydrogens is 416 g/mol. The third-order valence-electron chi connectivity index (χ3n) is 4.54. The lowest BCUT2D eigenvalue weighted by atomic mass is 9.99. The monoisotopic (exact) mass is 436 g/mol. The summed E-state index contributed by atoms with van der Waals surface area (Å²) in [4.78, 5) is 14.4. The second-order valence-electron chi connectivity index (χ2n) is 6.63. The minimum absolute atomic E-state index is 0.0506. The molecule has 0 radical (unpaired) electrons. The normalized spacial score (nSPS) is 15.0. The first-order chi connectivity index (χ1) is 12.5. The molecule has 2 aromatic rings. The Morgan fingerprint density at radius 3 is 2.58 bits per heavy atom. The topological polar surface area (TPSA) is 41.6 Å². The molecule has 1 fully saturated rings. The molecule has 0 spiro atoms. The van der Waals surface area contributed by atoms with Crippen molar-refractivity contribution in [1.82, 2.24) is 0 Å². The van der Waals surface area contributed by atoms with Crippen LogP contribution in [0, 0.1) is 5.92 Å². The quantitative estimate of drug-likeness (QED) is 0.685. The number of benzene rings is 2. The van der Waals surface area contributed by atoms with Gasteiger partial charge in [-0.05, 0) is 61.2 Å². The summed E-state index contributed by atoms with van der Waals surface area (Å²) in [6, 6.07) is 13.0. The Labute approximate surface area is 167 Å². The Morgan fingerprint density at radius 1 is 1.23 bits per heavy atom. The molecule has 0 aromatic heterocycles. The molecule has 26 heavy (non-hydrogen) atoms. The van der Waals surface area contributed by atoms with Crippen LogP contribution in [0.15, 0.2) is 46.9 Å². The van der Waals surface area contributed by atoms with Gasteiger partial charge in [0.2, 0.25) is 0 Å². The number of hydrogen-bond donors (Lipinski definition) is 1. The molecule has 0 saturated carbocycles. The summed E-state index contributed by atoms with van der Waals surface area (Å²) in [5.74, 6) is 1.20. The smallest absolute Gasteiger partial charge is 0.262 e. The number of piperidine rings is 1. The third-order valence-corrected chi connectivity index (χ3v) is 5.37. The Morgan fingerprint density at radius 2 is 1.92 bits per heavy atom. The highest BCUT2D eigenvalue weighted by molar-refractivity contribution is 9.10. The van der Waals surface area contributed by atoms with Crippen molar-refractivity contribution >= 4 is 44.8 Å². The summed E-state index contributed by atoms with van der Waals surface area (Å²) in [6.07, 6.45) is 2.37. The van der Waals surface area contributed by atoms with Crippen LogP contribution in [0.25, 0.3) is 0 Å². The van der Waals surface area contributed by atoms with Gasteiger partial charge in [-0.15, -0.1) is 0 Å². The fourth-order valence-corrected chi connectivity index (χ4v) is 3.53. The maximum absolute atomic E-state index is 12.1. The molecule has 3 rings (SSSR count). The lowest BCUT2D eigenvalue weighted by Gasteiger charge is -2.32. The summed E-state index contributed by atoms with van der Waals surface area (Å²) in [5.41, 5.74) is 1.70. The van der Waals surface area contributed by atoms with Crippen LogP contribution in [-0.4, -0.2) is 25.6 Å². The highest BCUT2D eigenvalue weighted by Crippen LogP contribution is 2.31. The summed E-state index contributed by atoms with van der Waals surface area (Å²) in [5, 5.41) is 3.48. The number of ether oxygens (including phenoxy) is 1. The SMILES string of the molecule is CC1CCN(c2ccc(NC(=O)COc3ccc(Br)cc3)cc2Cl)CC1. The van der Waals surface area contributed by atoms with Gasteiger partial charge in [0, 0.05) is 23.2 Å². The Hall–Kier alpha value is -1.72. The van der Waals surface area contributed by atoms with Crippen LogP contribution in [0.3, 0.4) is 0 Å². The van der Waals surface area contributed by atoms with Crippen molar-refractivity contribution in [2.45, 2.75) is 19.8 Å². The van der Waals surface area contributed by atoms with E-state index >= 15 is 0 Å². The highest BCUT2D eigenvalue weighted by Gasteiger charge is 2.18. The molecule has 0 atom stereocenters. The largest absolute Gasteiger partial charge is 0.484 e. The van der Waals surface area contributed by atoms with Gasteiger partial charge in [0.1, 0.15) is 5.75 Å². The fourth-order valence-electron chi connectivity index (χ4n) is 2.97. The van der Waals surface area contributed by atoms with Crippen molar-refractivity contribution in [3.63, 3.8) is 0 Å². The second kappa shape index (κ2) is 8.78. The number of carbonyl (C=O) groups excluding carboxylic acids is 1. The first-order valence-corrected chi connectivity index (χ1v) is 9.91. The number of rotatable bonds is 5. The van der Waals surface area contributed by atoms with E-state index in [0.29, 0.717) is 16.5 Å². The van der Waals surface area contributed by atoms with Crippen molar-refractivity contribution in [1.29, 1.82) is 0 Å². The molecule has 4 nitrogen and oxygen atoms in total. The lowest BCUT2D eigenvalue weighted by Crippen LogP contribution is -2.32. The summed E-state index contributed by atoms with van der Waals surface area (Å²) in [7, 11) is 0. The molecular formula is C20H22BrClN2O2. The number of nitrogens with zero attached hydrogens (tertiary/aromatic N) is 1. The molecule has 138 valence electrons. The first-order valence-electron chi connectivity index (χ1n) is 8.74. The third kappa shape index (κ3) is 5.15. The molecule has 2 aromatic carbocycles. The highest BCUT2D eigenvalue weighted by atomic mass is 79.9. The molecule has 1 N–H and O–H groups in total. The lowest BCUT2D eigenvalue weighted by molar-refractivity contribution is -0.118. The van der Waals surface area contributed by atoms with E-state index in [9.17, 15) is 4.79 Å². The van der Waals surface area contributed by atoms with Crippen LogP contribution in [0.4, 0.5) is 11.4 Å². The van der Waals surface area contributed by atoms with Gasteiger partial charge in [-0.25, -0.2) is 0 Å². The van der Waals surface area contributed by atoms with Crippen LogP contribution >= 0.6 is 27.5 Å². The molecule has 1 amide bonds. The maximum Gasteiger partial charge on any atom is 0.262 e. The predicted octanol–water partition coefficient (Wildman–Crippen LogP) is 5.36. The van der Waals surface area contributed by atoms with Crippen LogP contribution in [0.1, 0.15) is 19.8 Å². The van der Waals surface area contributed by atoms with E-state index in [2.05, 4.69) is 33.1 Å². The van der Waals surface area contributed by atoms with E-state index in [-0.39, 0.29) is 12.5 Å². The van der Waals surface area contributed by atoms with Gasteiger partial charge in [-0.1, -0.05) is 34.5 Å². The summed E-state index contributed by atoms with van der Waals surface area (Å²) < 4.78 is 6.45. The molecule has 1 saturated heterocycles. The molecule has 1 heterocycles. The minimum Gasteiger partial charge on any atom is -0.484 e. The molecule has 1 aliphatic rings. The average molecular weight is 438 g/mol. The summed E-state index contributed by atoms with van der Waals surface area (Å²) in [6.45, 7) is 4.28. The van der Waals surface area contributed by atoms with Gasteiger partial charge >= 0.3 is 0 Å². The Balaban J connectivity index is 1.55. The van der Waals surface area contributed by atoms with Crippen LogP contribution in [0.2, 0.25) is 5.02 Å². The number of nitrogens with one attached hydrogen (secondary N) is 1. The van der Waals surface area contributed by atoms with E-state index < -0.39 is 0 Å². The molecule has 1 aliphatic heterocycles. The van der Waals surface area contributed by atoms with Gasteiger partial charge in [-0.2, -0.15) is 0 Å². The standard InChI is InChI=1S/C20H22BrClN2O2/c1-14-8-10-24(11-9-14)19-7-4-16(12-18(19)22)23-20(25)13-26-17-5-2-15(21)3-6-17/h2-7,12,14H,8-11,13H2,1H3,(H,23,25). The number of hydrogen-bond acceptors (Lipinski definition) is 3. The van der Waals surface area contributed by atoms with Gasteiger partial charge in [0.25, 0.3) is 5.91 Å². The van der Waals surface area contributed by atoms with Crippen LogP contribution < -0.4 is 15.0 Å². The molecule has 0 aliphatic carbocycles. The zero-order valence-corrected chi connectivity index (χ0v) is 17.0. The van der Waals surface area contributed by atoms with Crippen molar-refractivity contribution < 1.29 is 9.53 Å². The van der Waals surface area contributed by atoms with E-state index in [1.165, 1.54) is 12.8 Å². The van der Waals surface area contributed by atoms with Gasteiger partial charge in [0.15, 0.2) is 6.61 Å². The van der Waals surface area contributed by atoms with Crippen molar-refractivity contribution in [2.24, 2.45) is 5.92 Å². The predicted molar refractivity (Wildman–Crippen MR) is 110 cm³/mol. The van der Waals surface area contributed by atoms with Gasteiger partial charge in [0.05, 0.1) is 10.7 Å². The first kappa shape index (κ1) is 19.1. The number of carbonyl (C=O) groups is 1. The molecule has 0 unspecified atom stereocenters. The fraction of sp³-hybridized carbons (Fsp3) is 0.350. The Kier molecular flexibility index (Phi) is 6.43. The van der Waals surface area contributed by atoms with E-state index in [1.54, 1.807) is 6.07 Å². The summed E-state index contributed by atoms with van der Waals surface area (Å²) >= 11 is 9.80. The molecule has 6 heteroatoms. The number of amides is 1. The maximum atomic E-state index is 12.1. The minimum atomic E-state index is -0.219. The molecule has 0 bridgehead atoms. The number of halogens is 2. The van der Waals surface area contributed by atoms with Crippen molar-refractivity contribution in [3.05, 3.63) is 52.0 Å². The van der Waals surface area contributed by atoms with Crippen LogP contribution in [0.5, 0.6) is 5.75 Å². The van der Waals surface area contributed by atoms with Crippen molar-refractivity contribution in [2.75, 3.05) is 29.9 Å². The van der Waals surface area contributed by atoms with E-state index in [4.69, 9.17) is 16.3 Å². The Bertz CT molecular complexity index is 759. The van der Waals surface area contributed by atoms with E-state index in [0.717, 1.165) is 29.2 Å². The second-order valence-corrected chi connectivity index (χ2v) is 7.95. The van der Waals surface area contributed by atoms with Crippen LogP contribution in [-0.2, 0) is 4.79 Å². The van der Waals surface area contributed by atoms with Gasteiger partial charge < -0.3 is 15.0 Å². The number of anilines is 2. The van der Waals surface area contributed by atoms with E-state index in [1.807, 2.05) is 36.4 Å². The average Bonchev–Trinajstić information content (AvgIpc) is 2.62. The van der Waals surface area contributed by atoms with Gasteiger partial charge in [-0.3, -0.25) is 4.79 Å². The zero-order chi connectivity index (χ0) is 18.5.